The average Bonchev–Trinajstić information content (AvgIpc) is 2.66. The zero-order chi connectivity index (χ0) is 18.7. The van der Waals surface area contributed by atoms with Gasteiger partial charge in [0, 0.05) is 11.6 Å². The van der Waals surface area contributed by atoms with Crippen LogP contribution in [0.25, 0.3) is 0 Å². The second kappa shape index (κ2) is 7.68. The van der Waals surface area contributed by atoms with E-state index in [1.54, 1.807) is 20.1 Å². The molecule has 6 heteroatoms. The number of sulfonamides is 1. The van der Waals surface area contributed by atoms with Gasteiger partial charge in [0.15, 0.2) is 0 Å². The highest BCUT2D eigenvalue weighted by atomic mass is 32.2. The lowest BCUT2D eigenvalue weighted by Crippen LogP contribution is -2.28. The minimum absolute atomic E-state index is 0.197. The van der Waals surface area contributed by atoms with Crippen molar-refractivity contribution in [3.05, 3.63) is 53.1 Å². The van der Waals surface area contributed by atoms with E-state index in [1.165, 1.54) is 12.7 Å². The van der Waals surface area contributed by atoms with E-state index < -0.39 is 16.1 Å². The topological polar surface area (TPSA) is 64.6 Å². The number of hydrogen-bond acceptors (Lipinski definition) is 4. The normalized spacial score (nSPS) is 15.2. The maximum Gasteiger partial charge on any atom is 0.244 e. The molecular weight excluding hydrogens is 350 g/mol. The van der Waals surface area contributed by atoms with Gasteiger partial charge in [0.1, 0.15) is 16.4 Å². The molecule has 0 aromatic heterocycles. The number of aryl methyl sites for hydroxylation is 2. The number of methoxy groups -OCH3 is 2. The molecular formula is C20H25NO4S. The molecule has 0 amide bonds. The summed E-state index contributed by atoms with van der Waals surface area (Å²) >= 11 is 0. The summed E-state index contributed by atoms with van der Waals surface area (Å²) in [4.78, 5) is 0.197. The first-order valence-electron chi connectivity index (χ1n) is 8.81. The molecule has 0 bridgehead atoms. The fraction of sp³-hybridized carbons (Fsp3) is 0.400. The van der Waals surface area contributed by atoms with E-state index in [1.807, 2.05) is 30.3 Å². The molecule has 0 spiro atoms. The molecule has 0 aliphatic heterocycles. The molecule has 1 N–H and O–H groups in total. The first-order valence-corrected chi connectivity index (χ1v) is 10.3. The SMILES string of the molecule is COc1ccccc1C(C)NS(=O)(=O)c1cc2c(cc1OC)CCCC2. The van der Waals surface area contributed by atoms with Gasteiger partial charge in [0.2, 0.25) is 10.0 Å². The molecule has 0 saturated heterocycles. The van der Waals surface area contributed by atoms with Crippen LogP contribution in [0.15, 0.2) is 41.3 Å². The van der Waals surface area contributed by atoms with Gasteiger partial charge in [0.25, 0.3) is 0 Å². The second-order valence-corrected chi connectivity index (χ2v) is 8.25. The summed E-state index contributed by atoms with van der Waals surface area (Å²) < 4.78 is 39.6. The van der Waals surface area contributed by atoms with Crippen LogP contribution in [-0.2, 0) is 22.9 Å². The molecule has 0 fully saturated rings. The van der Waals surface area contributed by atoms with Crippen molar-refractivity contribution in [2.75, 3.05) is 14.2 Å². The quantitative estimate of drug-likeness (QED) is 0.837. The highest BCUT2D eigenvalue weighted by Crippen LogP contribution is 2.33. The molecule has 1 aliphatic carbocycles. The van der Waals surface area contributed by atoms with E-state index in [4.69, 9.17) is 9.47 Å². The number of nitrogens with one attached hydrogen (secondary N) is 1. The molecule has 26 heavy (non-hydrogen) atoms. The van der Waals surface area contributed by atoms with Crippen molar-refractivity contribution in [2.24, 2.45) is 0 Å². The first-order chi connectivity index (χ1) is 12.5. The molecule has 0 heterocycles. The first kappa shape index (κ1) is 18.7. The van der Waals surface area contributed by atoms with Gasteiger partial charge in [-0.15, -0.1) is 0 Å². The Morgan fingerprint density at radius 1 is 0.962 bits per heavy atom. The summed E-state index contributed by atoms with van der Waals surface area (Å²) in [6, 6.07) is 10.6. The van der Waals surface area contributed by atoms with Crippen molar-refractivity contribution >= 4 is 10.0 Å². The Morgan fingerprint density at radius 2 is 1.58 bits per heavy atom. The summed E-state index contributed by atoms with van der Waals surface area (Å²) in [5, 5.41) is 0. The Labute approximate surface area is 155 Å². The summed E-state index contributed by atoms with van der Waals surface area (Å²) in [5.41, 5.74) is 3.07. The van der Waals surface area contributed by atoms with Crippen molar-refractivity contribution < 1.29 is 17.9 Å². The van der Waals surface area contributed by atoms with Crippen molar-refractivity contribution in [3.63, 3.8) is 0 Å². The van der Waals surface area contributed by atoms with E-state index in [0.29, 0.717) is 11.5 Å². The van der Waals surface area contributed by atoms with Gasteiger partial charge in [-0.3, -0.25) is 0 Å². The molecule has 2 aromatic rings. The summed E-state index contributed by atoms with van der Waals surface area (Å²) in [6.07, 6.45) is 4.09. The molecule has 1 aliphatic rings. The van der Waals surface area contributed by atoms with Crippen molar-refractivity contribution in [2.45, 2.75) is 43.5 Å². The van der Waals surface area contributed by atoms with E-state index in [0.717, 1.165) is 36.8 Å². The maximum absolute atomic E-state index is 13.0. The fourth-order valence-electron chi connectivity index (χ4n) is 3.49. The van der Waals surface area contributed by atoms with Crippen molar-refractivity contribution in [3.8, 4) is 11.5 Å². The van der Waals surface area contributed by atoms with Crippen LogP contribution < -0.4 is 14.2 Å². The Morgan fingerprint density at radius 3 is 2.23 bits per heavy atom. The largest absolute Gasteiger partial charge is 0.496 e. The number of para-hydroxylation sites is 1. The highest BCUT2D eigenvalue weighted by molar-refractivity contribution is 7.89. The lowest BCUT2D eigenvalue weighted by molar-refractivity contribution is 0.399. The maximum atomic E-state index is 13.0. The minimum Gasteiger partial charge on any atom is -0.496 e. The Balaban J connectivity index is 1.95. The molecule has 1 atom stereocenters. The fourth-order valence-corrected chi connectivity index (χ4v) is 4.92. The van der Waals surface area contributed by atoms with Crippen LogP contribution in [0.5, 0.6) is 11.5 Å². The number of rotatable bonds is 6. The Kier molecular flexibility index (Phi) is 5.53. The Hall–Kier alpha value is -2.05. The van der Waals surface area contributed by atoms with Gasteiger partial charge in [0.05, 0.1) is 14.2 Å². The third-order valence-corrected chi connectivity index (χ3v) is 6.42. The highest BCUT2D eigenvalue weighted by Gasteiger charge is 2.26. The monoisotopic (exact) mass is 375 g/mol. The van der Waals surface area contributed by atoms with E-state index >= 15 is 0 Å². The lowest BCUT2D eigenvalue weighted by atomic mass is 9.92. The number of ether oxygens (including phenoxy) is 2. The zero-order valence-corrected chi connectivity index (χ0v) is 16.2. The molecule has 0 saturated carbocycles. The smallest absolute Gasteiger partial charge is 0.244 e. The third kappa shape index (κ3) is 3.71. The lowest BCUT2D eigenvalue weighted by Gasteiger charge is -2.21. The van der Waals surface area contributed by atoms with Crippen LogP contribution >= 0.6 is 0 Å². The average molecular weight is 375 g/mol. The van der Waals surface area contributed by atoms with Crippen molar-refractivity contribution in [1.82, 2.24) is 4.72 Å². The predicted molar refractivity (Wildman–Crippen MR) is 101 cm³/mol. The number of fused-ring (bicyclic) bond motifs is 1. The van der Waals surface area contributed by atoms with Crippen molar-refractivity contribution in [1.29, 1.82) is 0 Å². The van der Waals surface area contributed by atoms with Crippen LogP contribution in [0.3, 0.4) is 0 Å². The van der Waals surface area contributed by atoms with Gasteiger partial charge in [-0.05, 0) is 61.9 Å². The number of hydrogen-bond donors (Lipinski definition) is 1. The summed E-state index contributed by atoms with van der Waals surface area (Å²) in [5.74, 6) is 1.05. The minimum atomic E-state index is -3.74. The van der Waals surface area contributed by atoms with Crippen LogP contribution in [0.1, 0.15) is 42.5 Å². The van der Waals surface area contributed by atoms with Gasteiger partial charge >= 0.3 is 0 Å². The molecule has 140 valence electrons. The second-order valence-electron chi connectivity index (χ2n) is 6.56. The van der Waals surface area contributed by atoms with E-state index in [-0.39, 0.29) is 4.90 Å². The Bertz CT molecular complexity index is 893. The van der Waals surface area contributed by atoms with Crippen LogP contribution in [0.2, 0.25) is 0 Å². The molecule has 5 nitrogen and oxygen atoms in total. The number of benzene rings is 2. The van der Waals surface area contributed by atoms with Gasteiger partial charge < -0.3 is 9.47 Å². The zero-order valence-electron chi connectivity index (χ0n) is 15.4. The summed E-state index contributed by atoms with van der Waals surface area (Å²) in [6.45, 7) is 1.81. The molecule has 3 rings (SSSR count). The molecule has 2 aromatic carbocycles. The van der Waals surface area contributed by atoms with E-state index in [2.05, 4.69) is 4.72 Å². The van der Waals surface area contributed by atoms with Crippen LogP contribution in [-0.4, -0.2) is 22.6 Å². The standard InChI is InChI=1S/C20H25NO4S/c1-14(17-10-6-7-11-18(17)24-2)21-26(22,23)20-13-16-9-5-4-8-15(16)12-19(20)25-3/h6-7,10-14,21H,4-5,8-9H2,1-3H3. The van der Waals surface area contributed by atoms with Gasteiger partial charge in [-0.2, -0.15) is 0 Å². The van der Waals surface area contributed by atoms with Crippen LogP contribution in [0.4, 0.5) is 0 Å². The third-order valence-electron chi connectivity index (χ3n) is 4.85. The summed E-state index contributed by atoms with van der Waals surface area (Å²) in [7, 11) is -0.656. The van der Waals surface area contributed by atoms with Gasteiger partial charge in [-0.25, -0.2) is 13.1 Å². The molecule has 0 radical (unpaired) electrons. The molecule has 1 unspecified atom stereocenters. The van der Waals surface area contributed by atoms with Gasteiger partial charge in [-0.1, -0.05) is 18.2 Å². The van der Waals surface area contributed by atoms with E-state index in [9.17, 15) is 8.42 Å². The van der Waals surface area contributed by atoms with Crippen LogP contribution in [0, 0.1) is 0 Å². The predicted octanol–water partition coefficient (Wildman–Crippen LogP) is 3.62.